The van der Waals surface area contributed by atoms with Crippen molar-refractivity contribution in [3.05, 3.63) is 67.1 Å². The summed E-state index contributed by atoms with van der Waals surface area (Å²) in [5.41, 5.74) is 0.105. The minimum Gasteiger partial charge on any atom is -0.497 e. The van der Waals surface area contributed by atoms with Gasteiger partial charge in [0.05, 0.1) is 33.8 Å². The van der Waals surface area contributed by atoms with E-state index in [2.05, 4.69) is 5.32 Å². The molecule has 1 saturated heterocycles. The van der Waals surface area contributed by atoms with Crippen molar-refractivity contribution in [2.75, 3.05) is 17.3 Å². The van der Waals surface area contributed by atoms with Crippen LogP contribution in [0.1, 0.15) is 18.7 Å². The van der Waals surface area contributed by atoms with E-state index in [1.165, 1.54) is 34.4 Å². The van der Waals surface area contributed by atoms with Crippen LogP contribution in [0.25, 0.3) is 0 Å². The number of thiazole rings is 1. The Morgan fingerprint density at radius 1 is 1.05 bits per heavy atom. The third-order valence-corrected chi connectivity index (χ3v) is 10.1. The van der Waals surface area contributed by atoms with Crippen LogP contribution in [0.4, 0.5) is 11.4 Å². The molecule has 0 spiro atoms. The molecule has 2 aromatic carbocycles. The van der Waals surface area contributed by atoms with Gasteiger partial charge in [0.15, 0.2) is 0 Å². The van der Waals surface area contributed by atoms with Crippen molar-refractivity contribution in [1.29, 1.82) is 0 Å². The molecule has 0 saturated carbocycles. The summed E-state index contributed by atoms with van der Waals surface area (Å²) < 4.78 is 6.55. The molecule has 1 aromatic heterocycles. The Labute approximate surface area is 230 Å². The Morgan fingerprint density at radius 3 is 2.41 bits per heavy atom. The molecule has 0 radical (unpaired) electrons. The first-order valence-electron chi connectivity index (χ1n) is 11.2. The number of rotatable bonds is 5. The van der Waals surface area contributed by atoms with Gasteiger partial charge in [-0.2, -0.15) is 0 Å². The van der Waals surface area contributed by atoms with Gasteiger partial charge < -0.3 is 10.1 Å². The maximum Gasteiger partial charge on any atom is 0.308 e. The highest BCUT2D eigenvalue weighted by Crippen LogP contribution is 2.54. The second-order valence-corrected chi connectivity index (χ2v) is 12.1. The van der Waals surface area contributed by atoms with E-state index in [1.807, 2.05) is 13.8 Å². The molecule has 2 aliphatic heterocycles. The maximum atomic E-state index is 13.6. The number of imide groups is 1. The Morgan fingerprint density at radius 2 is 1.76 bits per heavy atom. The highest BCUT2D eigenvalue weighted by molar-refractivity contribution is 8.00. The van der Waals surface area contributed by atoms with Crippen LogP contribution in [0.2, 0.25) is 10.0 Å². The zero-order valence-electron chi connectivity index (χ0n) is 19.9. The lowest BCUT2D eigenvalue weighted by molar-refractivity contribution is -0.123. The number of carbonyl (C=O) groups excluding carboxylic acids is 3. The molecule has 8 nitrogen and oxygen atoms in total. The van der Waals surface area contributed by atoms with Gasteiger partial charge >= 0.3 is 4.87 Å². The molecule has 1 N–H and O–H groups in total. The number of hydrogen-bond donors (Lipinski definition) is 1. The molecule has 0 bridgehead atoms. The average molecular weight is 578 g/mol. The number of methoxy groups -OCH3 is 1. The molecular weight excluding hydrogens is 557 g/mol. The van der Waals surface area contributed by atoms with Gasteiger partial charge in [-0.25, -0.2) is 4.90 Å². The summed E-state index contributed by atoms with van der Waals surface area (Å²) in [5, 5.41) is 3.17. The third kappa shape index (κ3) is 4.35. The number of amides is 3. The number of fused-ring (bicyclic) bond motifs is 2. The van der Waals surface area contributed by atoms with Gasteiger partial charge in [0.1, 0.15) is 17.5 Å². The molecular formula is C25H21Cl2N3O5S2. The average Bonchev–Trinajstić information content (AvgIpc) is 3.30. The SMILES string of the molecule is COc1ccc(N2C(=O)[C@H]3Sc4c(sc(=O)n4CC(=O)Nc4ccc(Cl)c(Cl)c4)C(C)(C)[C@H]3C2=O)cc1. The van der Waals surface area contributed by atoms with Crippen LogP contribution in [0.15, 0.2) is 52.3 Å². The van der Waals surface area contributed by atoms with Gasteiger partial charge in [0.2, 0.25) is 17.7 Å². The highest BCUT2D eigenvalue weighted by atomic mass is 35.5. The zero-order chi connectivity index (χ0) is 26.6. The summed E-state index contributed by atoms with van der Waals surface area (Å²) in [4.78, 5) is 54.4. The molecule has 1 fully saturated rings. The van der Waals surface area contributed by atoms with Crippen molar-refractivity contribution < 1.29 is 19.1 Å². The normalized spacial score (nSPS) is 20.0. The van der Waals surface area contributed by atoms with Crippen LogP contribution >= 0.6 is 46.3 Å². The molecule has 0 aliphatic carbocycles. The first-order chi connectivity index (χ1) is 17.5. The number of anilines is 2. The van der Waals surface area contributed by atoms with E-state index in [1.54, 1.807) is 36.4 Å². The first kappa shape index (κ1) is 25.8. The molecule has 5 rings (SSSR count). The van der Waals surface area contributed by atoms with Crippen LogP contribution in [-0.4, -0.2) is 34.6 Å². The molecule has 2 atom stereocenters. The van der Waals surface area contributed by atoms with Crippen molar-refractivity contribution in [2.24, 2.45) is 5.92 Å². The molecule has 2 aliphatic rings. The van der Waals surface area contributed by atoms with Gasteiger partial charge in [-0.1, -0.05) is 60.1 Å². The quantitative estimate of drug-likeness (QED) is 0.437. The standard InChI is InChI=1S/C25H21Cl2N3O5S2/c1-25(2)18-19(22(33)30(21(18)32)13-5-7-14(35-3)8-6-13)36-23-20(25)37-24(34)29(23)11-17(31)28-12-4-9-15(26)16(27)10-12/h4-10,18-19H,11H2,1-3H3,(H,28,31)/t18-,19+/m1/s1. The summed E-state index contributed by atoms with van der Waals surface area (Å²) in [6, 6.07) is 11.4. The molecule has 3 amide bonds. The lowest BCUT2D eigenvalue weighted by atomic mass is 9.76. The second kappa shape index (κ2) is 9.50. The number of nitrogens with zero attached hydrogens (tertiary/aromatic N) is 2. The van der Waals surface area contributed by atoms with E-state index >= 15 is 0 Å². The van der Waals surface area contributed by atoms with Crippen LogP contribution in [0.5, 0.6) is 5.75 Å². The van der Waals surface area contributed by atoms with E-state index < -0.39 is 22.5 Å². The molecule has 37 heavy (non-hydrogen) atoms. The smallest absolute Gasteiger partial charge is 0.308 e. The fourth-order valence-electron chi connectivity index (χ4n) is 4.67. The van der Waals surface area contributed by atoms with Crippen molar-refractivity contribution in [1.82, 2.24) is 4.57 Å². The topological polar surface area (TPSA) is 97.7 Å². The van der Waals surface area contributed by atoms with Crippen molar-refractivity contribution in [3.8, 4) is 5.75 Å². The van der Waals surface area contributed by atoms with E-state index in [0.717, 1.165) is 11.3 Å². The minimum absolute atomic E-state index is 0.254. The number of benzene rings is 2. The van der Waals surface area contributed by atoms with E-state index in [9.17, 15) is 19.2 Å². The number of ether oxygens (including phenoxy) is 1. The maximum absolute atomic E-state index is 13.6. The van der Waals surface area contributed by atoms with E-state index in [0.29, 0.717) is 37.1 Å². The number of aromatic nitrogens is 1. The van der Waals surface area contributed by atoms with Crippen LogP contribution in [-0.2, 0) is 26.3 Å². The second-order valence-electron chi connectivity index (χ2n) is 9.21. The lowest BCUT2D eigenvalue weighted by Crippen LogP contribution is -2.41. The molecule has 192 valence electrons. The zero-order valence-corrected chi connectivity index (χ0v) is 23.1. The van der Waals surface area contributed by atoms with E-state index in [4.69, 9.17) is 27.9 Å². The summed E-state index contributed by atoms with van der Waals surface area (Å²) in [7, 11) is 1.54. The molecule has 0 unspecified atom stereocenters. The lowest BCUT2D eigenvalue weighted by Gasteiger charge is -2.36. The molecule has 3 heterocycles. The molecule has 12 heteroatoms. The number of halogens is 2. The fraction of sp³-hybridized carbons (Fsp3) is 0.280. The first-order valence-corrected chi connectivity index (χ1v) is 13.7. The van der Waals surface area contributed by atoms with E-state index in [-0.39, 0.29) is 23.2 Å². The predicted octanol–water partition coefficient (Wildman–Crippen LogP) is 4.81. The fourth-order valence-corrected chi connectivity index (χ4v) is 8.01. The number of hydrogen-bond acceptors (Lipinski definition) is 7. The van der Waals surface area contributed by atoms with Gasteiger partial charge in [-0.3, -0.25) is 23.7 Å². The van der Waals surface area contributed by atoms with Gasteiger partial charge in [-0.05, 0) is 42.5 Å². The van der Waals surface area contributed by atoms with Crippen LogP contribution in [0, 0.1) is 5.92 Å². The van der Waals surface area contributed by atoms with Crippen molar-refractivity contribution in [2.45, 2.75) is 36.1 Å². The number of nitrogens with one attached hydrogen (secondary N) is 1. The monoisotopic (exact) mass is 577 g/mol. The van der Waals surface area contributed by atoms with Gasteiger partial charge in [-0.15, -0.1) is 0 Å². The van der Waals surface area contributed by atoms with Crippen molar-refractivity contribution in [3.63, 3.8) is 0 Å². The molecule has 3 aromatic rings. The predicted molar refractivity (Wildman–Crippen MR) is 145 cm³/mol. The Balaban J connectivity index is 1.45. The minimum atomic E-state index is -0.797. The van der Waals surface area contributed by atoms with Crippen LogP contribution in [0.3, 0.4) is 0 Å². The van der Waals surface area contributed by atoms with Crippen LogP contribution < -0.4 is 19.8 Å². The van der Waals surface area contributed by atoms with Crippen molar-refractivity contribution >= 4 is 75.4 Å². The third-order valence-electron chi connectivity index (χ3n) is 6.54. The summed E-state index contributed by atoms with van der Waals surface area (Å²) in [6.45, 7) is 3.47. The highest BCUT2D eigenvalue weighted by Gasteiger charge is 2.59. The number of carbonyl (C=O) groups is 3. The Kier molecular flexibility index (Phi) is 6.64. The van der Waals surface area contributed by atoms with Gasteiger partial charge in [0, 0.05) is 16.0 Å². The summed E-state index contributed by atoms with van der Waals surface area (Å²) in [5.74, 6) is -1.14. The number of thioether (sulfide) groups is 1. The Hall–Kier alpha value is -2.79. The Bertz CT molecular complexity index is 1500. The summed E-state index contributed by atoms with van der Waals surface area (Å²) in [6.07, 6.45) is 0. The van der Waals surface area contributed by atoms with Gasteiger partial charge in [0.25, 0.3) is 0 Å². The summed E-state index contributed by atoms with van der Waals surface area (Å²) >= 11 is 14.1. The largest absolute Gasteiger partial charge is 0.497 e.